The van der Waals surface area contributed by atoms with E-state index < -0.39 is 0 Å². The third-order valence-corrected chi connectivity index (χ3v) is 1.67. The van der Waals surface area contributed by atoms with Crippen molar-refractivity contribution < 1.29 is 0 Å². The highest BCUT2D eigenvalue weighted by atomic mass is 14.9. The van der Waals surface area contributed by atoms with Gasteiger partial charge in [-0.25, -0.2) is 0 Å². The molecule has 1 N–H and O–H groups in total. The molecule has 0 amide bonds. The Morgan fingerprint density at radius 1 is 1.30 bits per heavy atom. The number of rotatable bonds is 1. The largest absolute Gasteiger partial charge is 0.381 e. The van der Waals surface area contributed by atoms with Crippen LogP contribution in [0.25, 0.3) is 0 Å². The summed E-state index contributed by atoms with van der Waals surface area (Å²) in [5, 5.41) is 3.17. The number of nitrogens with one attached hydrogen (secondary N) is 1. The summed E-state index contributed by atoms with van der Waals surface area (Å²) in [6.45, 7) is 0. The Labute approximate surface area is 60.4 Å². The van der Waals surface area contributed by atoms with E-state index in [0.717, 1.165) is 0 Å². The molecule has 0 aliphatic carbocycles. The van der Waals surface area contributed by atoms with Crippen LogP contribution in [0.4, 0.5) is 0 Å². The quantitative estimate of drug-likeness (QED) is 0.609. The smallest absolute Gasteiger partial charge is 0.0709 e. The summed E-state index contributed by atoms with van der Waals surface area (Å²) in [4.78, 5) is 0. The van der Waals surface area contributed by atoms with Crippen molar-refractivity contribution in [2.24, 2.45) is 0 Å². The molecule has 0 aromatic heterocycles. The molecule has 0 saturated carbocycles. The zero-order valence-electron chi connectivity index (χ0n) is 5.54. The van der Waals surface area contributed by atoms with Crippen LogP contribution in [-0.2, 0) is 0 Å². The average Bonchev–Trinajstić information content (AvgIpc) is 1.86. The van der Waals surface area contributed by atoms with Crippen molar-refractivity contribution in [2.75, 3.05) is 0 Å². The van der Waals surface area contributed by atoms with Crippen molar-refractivity contribution in [2.45, 2.75) is 6.04 Å². The van der Waals surface area contributed by atoms with Crippen LogP contribution in [-0.4, -0.2) is 0 Å². The van der Waals surface area contributed by atoms with Gasteiger partial charge < -0.3 is 5.32 Å². The first-order chi connectivity index (χ1) is 4.97. The predicted molar refractivity (Wildman–Crippen MR) is 40.3 cm³/mol. The second-order valence-corrected chi connectivity index (χ2v) is 2.34. The summed E-state index contributed by atoms with van der Waals surface area (Å²) in [6.07, 6.45) is 4.09. The highest BCUT2D eigenvalue weighted by Crippen LogP contribution is 2.17. The van der Waals surface area contributed by atoms with Crippen LogP contribution in [0.1, 0.15) is 11.6 Å². The van der Waals surface area contributed by atoms with Crippen LogP contribution >= 0.6 is 0 Å². The summed E-state index contributed by atoms with van der Waals surface area (Å²) in [5.74, 6) is 0. The SMILES string of the molecule is [c]1ccc(C2C=CN2)cc1. The molecule has 0 spiro atoms. The molecule has 10 heavy (non-hydrogen) atoms. The van der Waals surface area contributed by atoms with E-state index >= 15 is 0 Å². The second-order valence-electron chi connectivity index (χ2n) is 2.34. The van der Waals surface area contributed by atoms with Crippen LogP contribution in [0.2, 0.25) is 0 Å². The Kier molecular flexibility index (Phi) is 1.21. The first-order valence-corrected chi connectivity index (χ1v) is 3.35. The lowest BCUT2D eigenvalue weighted by Gasteiger charge is -2.20. The molecule has 1 aliphatic rings. The van der Waals surface area contributed by atoms with Crippen LogP contribution in [0, 0.1) is 6.07 Å². The zero-order chi connectivity index (χ0) is 6.81. The van der Waals surface area contributed by atoms with Crippen molar-refractivity contribution in [3.63, 3.8) is 0 Å². The molecule has 1 unspecified atom stereocenters. The van der Waals surface area contributed by atoms with E-state index in [1.807, 2.05) is 18.3 Å². The van der Waals surface area contributed by atoms with E-state index in [4.69, 9.17) is 0 Å². The van der Waals surface area contributed by atoms with Gasteiger partial charge in [-0.05, 0) is 23.9 Å². The van der Waals surface area contributed by atoms with E-state index in [1.54, 1.807) is 0 Å². The summed E-state index contributed by atoms with van der Waals surface area (Å²) < 4.78 is 0. The minimum absolute atomic E-state index is 0.439. The fraction of sp³-hybridized carbons (Fsp3) is 0.111. The van der Waals surface area contributed by atoms with Gasteiger partial charge in [0.25, 0.3) is 0 Å². The maximum Gasteiger partial charge on any atom is 0.0709 e. The normalized spacial score (nSPS) is 21.4. The number of benzene rings is 1. The fourth-order valence-electron chi connectivity index (χ4n) is 1.01. The Balaban J connectivity index is 2.26. The molecule has 0 saturated heterocycles. The van der Waals surface area contributed by atoms with Gasteiger partial charge in [0.05, 0.1) is 6.04 Å². The molecule has 1 atom stereocenters. The van der Waals surface area contributed by atoms with E-state index in [-0.39, 0.29) is 0 Å². The Morgan fingerprint density at radius 2 is 2.00 bits per heavy atom. The van der Waals surface area contributed by atoms with Gasteiger partial charge in [0, 0.05) is 0 Å². The van der Waals surface area contributed by atoms with Gasteiger partial charge in [-0.3, -0.25) is 0 Å². The molecule has 49 valence electrons. The molecule has 1 nitrogen and oxygen atoms in total. The van der Waals surface area contributed by atoms with Crippen LogP contribution < -0.4 is 5.32 Å². The molecule has 1 aromatic carbocycles. The maximum atomic E-state index is 3.17. The van der Waals surface area contributed by atoms with Gasteiger partial charge in [0.2, 0.25) is 0 Å². The lowest BCUT2D eigenvalue weighted by atomic mass is 10.0. The van der Waals surface area contributed by atoms with E-state index in [0.29, 0.717) is 6.04 Å². The minimum Gasteiger partial charge on any atom is -0.381 e. The number of hydrogen-bond donors (Lipinski definition) is 1. The maximum absolute atomic E-state index is 3.17. The van der Waals surface area contributed by atoms with Crippen molar-refractivity contribution in [1.82, 2.24) is 5.32 Å². The van der Waals surface area contributed by atoms with Crippen molar-refractivity contribution >= 4 is 0 Å². The van der Waals surface area contributed by atoms with Gasteiger partial charge in [0.1, 0.15) is 0 Å². The van der Waals surface area contributed by atoms with Gasteiger partial charge in [-0.15, -0.1) is 0 Å². The van der Waals surface area contributed by atoms with E-state index in [1.165, 1.54) is 5.56 Å². The molecule has 1 radical (unpaired) electrons. The van der Waals surface area contributed by atoms with E-state index in [9.17, 15) is 0 Å². The second kappa shape index (κ2) is 2.18. The molecular weight excluding hydrogens is 122 g/mol. The monoisotopic (exact) mass is 130 g/mol. The highest BCUT2D eigenvalue weighted by Gasteiger charge is 2.09. The fourth-order valence-corrected chi connectivity index (χ4v) is 1.01. The molecular formula is C9H8N. The topological polar surface area (TPSA) is 12.0 Å². The van der Waals surface area contributed by atoms with E-state index in [2.05, 4.69) is 29.6 Å². The van der Waals surface area contributed by atoms with Crippen LogP contribution in [0.15, 0.2) is 36.5 Å². The lowest BCUT2D eigenvalue weighted by Crippen LogP contribution is -2.20. The van der Waals surface area contributed by atoms with Crippen molar-refractivity contribution in [3.05, 3.63) is 48.2 Å². The summed E-state index contributed by atoms with van der Waals surface area (Å²) >= 11 is 0. The predicted octanol–water partition coefficient (Wildman–Crippen LogP) is 1.64. The molecule has 1 heteroatoms. The third kappa shape index (κ3) is 0.798. The number of hydrogen-bond acceptors (Lipinski definition) is 1. The molecule has 1 heterocycles. The first-order valence-electron chi connectivity index (χ1n) is 3.35. The molecule has 0 bridgehead atoms. The van der Waals surface area contributed by atoms with Crippen LogP contribution in [0.3, 0.4) is 0 Å². The van der Waals surface area contributed by atoms with Crippen molar-refractivity contribution in [3.8, 4) is 0 Å². The van der Waals surface area contributed by atoms with Crippen molar-refractivity contribution in [1.29, 1.82) is 0 Å². The van der Waals surface area contributed by atoms with Gasteiger partial charge in [-0.1, -0.05) is 24.3 Å². The third-order valence-electron chi connectivity index (χ3n) is 1.67. The molecule has 1 aromatic rings. The van der Waals surface area contributed by atoms with Gasteiger partial charge in [-0.2, -0.15) is 0 Å². The zero-order valence-corrected chi connectivity index (χ0v) is 5.54. The summed E-state index contributed by atoms with van der Waals surface area (Å²) in [6, 6.07) is 11.4. The van der Waals surface area contributed by atoms with Gasteiger partial charge in [0.15, 0.2) is 0 Å². The Bertz CT molecular complexity index is 238. The summed E-state index contributed by atoms with van der Waals surface area (Å²) in [7, 11) is 0. The highest BCUT2D eigenvalue weighted by molar-refractivity contribution is 5.26. The Morgan fingerprint density at radius 3 is 2.50 bits per heavy atom. The Hall–Kier alpha value is -1.24. The molecule has 2 rings (SSSR count). The minimum atomic E-state index is 0.439. The molecule has 0 fully saturated rings. The first kappa shape index (κ1) is 5.54. The average molecular weight is 130 g/mol. The van der Waals surface area contributed by atoms with Crippen LogP contribution in [0.5, 0.6) is 0 Å². The van der Waals surface area contributed by atoms with Gasteiger partial charge >= 0.3 is 0 Å². The molecule has 1 aliphatic heterocycles. The summed E-state index contributed by atoms with van der Waals surface area (Å²) in [5.41, 5.74) is 1.31. The standard InChI is InChI=1S/C9H8N/c1-2-4-8(5-3-1)9-6-7-10-9/h2-7,9-10H. The lowest BCUT2D eigenvalue weighted by molar-refractivity contribution is 0.686.